The molecule has 1 unspecified atom stereocenters. The van der Waals surface area contributed by atoms with Gasteiger partial charge in [-0.15, -0.1) is 0 Å². The number of sulfonamides is 1. The van der Waals surface area contributed by atoms with Crippen LogP contribution in [-0.4, -0.2) is 25.9 Å². The maximum absolute atomic E-state index is 13.4. The first-order chi connectivity index (χ1) is 9.15. The van der Waals surface area contributed by atoms with Crippen molar-refractivity contribution >= 4 is 15.7 Å². The third-order valence-electron chi connectivity index (χ3n) is 2.79. The predicted molar refractivity (Wildman–Crippen MR) is 71.1 cm³/mol. The maximum atomic E-state index is 13.4. The molecule has 1 atom stereocenters. The first-order valence-electron chi connectivity index (χ1n) is 5.84. The number of nitrogens with one attached hydrogen (secondary N) is 1. The van der Waals surface area contributed by atoms with Gasteiger partial charge in [-0.05, 0) is 12.0 Å². The fraction of sp³-hybridized carbons (Fsp3) is 0.455. The topological polar surface area (TPSA) is 115 Å². The van der Waals surface area contributed by atoms with Gasteiger partial charge < -0.3 is 5.73 Å². The molecule has 0 saturated carbocycles. The van der Waals surface area contributed by atoms with Gasteiger partial charge in [0.25, 0.3) is 0 Å². The second-order valence-electron chi connectivity index (χ2n) is 4.63. The zero-order valence-electron chi connectivity index (χ0n) is 11.0. The molecule has 112 valence electrons. The van der Waals surface area contributed by atoms with Crippen molar-refractivity contribution in [1.82, 2.24) is 4.72 Å². The lowest BCUT2D eigenvalue weighted by Crippen LogP contribution is -2.40. The number of halogens is 1. The van der Waals surface area contributed by atoms with Crippen LogP contribution in [0.2, 0.25) is 0 Å². The lowest BCUT2D eigenvalue weighted by Gasteiger charge is -2.16. The quantitative estimate of drug-likeness (QED) is 0.601. The Labute approximate surface area is 116 Å². The van der Waals surface area contributed by atoms with E-state index >= 15 is 0 Å². The van der Waals surface area contributed by atoms with Gasteiger partial charge in [0.05, 0.1) is 9.82 Å². The lowest BCUT2D eigenvalue weighted by atomic mass is 10.1. The van der Waals surface area contributed by atoms with Crippen molar-refractivity contribution in [3.8, 4) is 0 Å². The lowest BCUT2D eigenvalue weighted by molar-refractivity contribution is -0.387. The molecule has 3 N–H and O–H groups in total. The molecule has 9 heteroatoms. The summed E-state index contributed by atoms with van der Waals surface area (Å²) in [5, 5.41) is 10.5. The molecule has 0 aromatic heterocycles. The highest BCUT2D eigenvalue weighted by atomic mass is 32.2. The van der Waals surface area contributed by atoms with Crippen LogP contribution in [0.1, 0.15) is 13.8 Å². The van der Waals surface area contributed by atoms with Crippen LogP contribution in [0.4, 0.5) is 10.1 Å². The summed E-state index contributed by atoms with van der Waals surface area (Å²) in [7, 11) is -3.95. The summed E-state index contributed by atoms with van der Waals surface area (Å²) < 4.78 is 39.4. The van der Waals surface area contributed by atoms with E-state index in [2.05, 4.69) is 4.72 Å². The molecule has 7 nitrogen and oxygen atoms in total. The normalized spacial score (nSPS) is 13.4. The molecule has 0 aliphatic carbocycles. The number of rotatable bonds is 6. The van der Waals surface area contributed by atoms with Gasteiger partial charge in [-0.2, -0.15) is 4.39 Å². The predicted octanol–water partition coefficient (Wildman–Crippen LogP) is 0.996. The van der Waals surface area contributed by atoms with Crippen molar-refractivity contribution in [2.45, 2.75) is 24.8 Å². The Hall–Kier alpha value is -1.58. The minimum absolute atomic E-state index is 0.00138. The Balaban J connectivity index is 2.94. The van der Waals surface area contributed by atoms with Crippen LogP contribution in [0.25, 0.3) is 0 Å². The van der Waals surface area contributed by atoms with E-state index in [4.69, 9.17) is 5.73 Å². The molecular weight excluding hydrogens is 289 g/mol. The Kier molecular flexibility index (Phi) is 5.15. The van der Waals surface area contributed by atoms with Crippen LogP contribution in [-0.2, 0) is 10.0 Å². The van der Waals surface area contributed by atoms with Crippen LogP contribution in [0, 0.1) is 21.8 Å². The minimum atomic E-state index is -3.95. The van der Waals surface area contributed by atoms with E-state index < -0.39 is 26.5 Å². The van der Waals surface area contributed by atoms with Crippen molar-refractivity contribution in [3.05, 3.63) is 34.1 Å². The highest BCUT2D eigenvalue weighted by Gasteiger charge is 2.21. The molecule has 0 heterocycles. The number of hydrogen-bond acceptors (Lipinski definition) is 5. The van der Waals surface area contributed by atoms with Gasteiger partial charge in [-0.25, -0.2) is 13.1 Å². The zero-order valence-corrected chi connectivity index (χ0v) is 11.9. The molecule has 0 aliphatic rings. The van der Waals surface area contributed by atoms with E-state index in [1.165, 1.54) is 0 Å². The van der Waals surface area contributed by atoms with Crippen LogP contribution in [0.3, 0.4) is 0 Å². The molecule has 1 aromatic rings. The molecule has 0 spiro atoms. The van der Waals surface area contributed by atoms with Gasteiger partial charge >= 0.3 is 5.69 Å². The molecule has 1 aromatic carbocycles. The Morgan fingerprint density at radius 1 is 1.45 bits per heavy atom. The molecule has 20 heavy (non-hydrogen) atoms. The molecule has 0 amide bonds. The fourth-order valence-electron chi connectivity index (χ4n) is 1.33. The van der Waals surface area contributed by atoms with Gasteiger partial charge in [-0.3, -0.25) is 10.1 Å². The van der Waals surface area contributed by atoms with Crippen molar-refractivity contribution in [2.24, 2.45) is 11.7 Å². The molecular formula is C11H16FN3O4S. The summed E-state index contributed by atoms with van der Waals surface area (Å²) in [5.74, 6) is -1.13. The molecule has 0 bridgehead atoms. The van der Waals surface area contributed by atoms with E-state index in [0.717, 1.165) is 12.1 Å². The summed E-state index contributed by atoms with van der Waals surface area (Å²) >= 11 is 0. The number of nitro groups is 1. The Morgan fingerprint density at radius 2 is 2.05 bits per heavy atom. The van der Waals surface area contributed by atoms with Gasteiger partial charge in [0, 0.05) is 24.7 Å². The summed E-state index contributed by atoms with van der Waals surface area (Å²) in [6.07, 6.45) is 0. The van der Waals surface area contributed by atoms with Crippen LogP contribution >= 0.6 is 0 Å². The first kappa shape index (κ1) is 16.5. The fourth-order valence-corrected chi connectivity index (χ4v) is 2.41. The highest BCUT2D eigenvalue weighted by Crippen LogP contribution is 2.20. The Bertz CT molecular complexity index is 604. The smallest absolute Gasteiger partial charge is 0.304 e. The third kappa shape index (κ3) is 3.95. The van der Waals surface area contributed by atoms with E-state index in [1.54, 1.807) is 0 Å². The summed E-state index contributed by atoms with van der Waals surface area (Å²) in [5.41, 5.74) is 4.93. The molecule has 0 radical (unpaired) electrons. The average Bonchev–Trinajstić information content (AvgIpc) is 2.35. The Morgan fingerprint density at radius 3 is 2.50 bits per heavy atom. The summed E-state index contributed by atoms with van der Waals surface area (Å²) in [6, 6.07) is 2.02. The van der Waals surface area contributed by atoms with E-state index in [-0.39, 0.29) is 23.4 Å². The number of nitro benzene ring substituents is 1. The number of benzene rings is 1. The van der Waals surface area contributed by atoms with Gasteiger partial charge in [-0.1, -0.05) is 13.8 Å². The monoisotopic (exact) mass is 305 g/mol. The van der Waals surface area contributed by atoms with Crippen molar-refractivity contribution in [1.29, 1.82) is 0 Å². The molecule has 0 saturated heterocycles. The van der Waals surface area contributed by atoms with Crippen molar-refractivity contribution < 1.29 is 17.7 Å². The SMILES string of the molecule is CC(C)C(N)CNS(=O)(=O)c1ccc([N+](=O)[O-])c(F)c1. The van der Waals surface area contributed by atoms with E-state index in [9.17, 15) is 22.9 Å². The van der Waals surface area contributed by atoms with Gasteiger partial charge in [0.1, 0.15) is 0 Å². The standard InChI is InChI=1S/C11H16FN3O4S/c1-7(2)10(13)6-14-20(18,19)8-3-4-11(15(16)17)9(12)5-8/h3-5,7,10,14H,6,13H2,1-2H3. The van der Waals surface area contributed by atoms with E-state index in [1.807, 2.05) is 13.8 Å². The molecule has 0 fully saturated rings. The van der Waals surface area contributed by atoms with Crippen LogP contribution in [0.5, 0.6) is 0 Å². The van der Waals surface area contributed by atoms with Crippen molar-refractivity contribution in [3.63, 3.8) is 0 Å². The highest BCUT2D eigenvalue weighted by molar-refractivity contribution is 7.89. The summed E-state index contributed by atoms with van der Waals surface area (Å²) in [6.45, 7) is 3.67. The van der Waals surface area contributed by atoms with E-state index in [0.29, 0.717) is 6.07 Å². The number of nitrogens with zero attached hydrogens (tertiary/aromatic N) is 1. The number of hydrogen-bond donors (Lipinski definition) is 2. The average molecular weight is 305 g/mol. The van der Waals surface area contributed by atoms with Crippen molar-refractivity contribution in [2.75, 3.05) is 6.54 Å². The minimum Gasteiger partial charge on any atom is -0.326 e. The van der Waals surface area contributed by atoms with Gasteiger partial charge in [0.2, 0.25) is 15.8 Å². The second kappa shape index (κ2) is 6.25. The molecule has 1 rings (SSSR count). The summed E-state index contributed by atoms with van der Waals surface area (Å²) in [4.78, 5) is 9.16. The number of nitrogens with two attached hydrogens (primary N) is 1. The zero-order chi connectivity index (χ0) is 15.5. The van der Waals surface area contributed by atoms with Gasteiger partial charge in [0.15, 0.2) is 0 Å². The van der Waals surface area contributed by atoms with Crippen LogP contribution in [0.15, 0.2) is 23.1 Å². The largest absolute Gasteiger partial charge is 0.326 e. The molecule has 0 aliphatic heterocycles. The third-order valence-corrected chi connectivity index (χ3v) is 4.21. The first-order valence-corrected chi connectivity index (χ1v) is 7.32. The van der Waals surface area contributed by atoms with Crippen LogP contribution < -0.4 is 10.5 Å². The maximum Gasteiger partial charge on any atom is 0.304 e. The second-order valence-corrected chi connectivity index (χ2v) is 6.40.